The first-order valence-corrected chi connectivity index (χ1v) is 11.5. The van der Waals surface area contributed by atoms with Crippen LogP contribution in [0.15, 0.2) is 18.2 Å². The van der Waals surface area contributed by atoms with Gasteiger partial charge in [0, 0.05) is 61.8 Å². The molecule has 1 aromatic heterocycles. The normalized spacial score (nSPS) is 19.9. The molecule has 0 saturated carbocycles. The third kappa shape index (κ3) is 3.89. The van der Waals surface area contributed by atoms with Crippen molar-refractivity contribution in [2.75, 3.05) is 51.3 Å². The smallest absolute Gasteiger partial charge is 0.256 e. The van der Waals surface area contributed by atoms with Crippen LogP contribution >= 0.6 is 0 Å². The van der Waals surface area contributed by atoms with E-state index in [0.29, 0.717) is 5.57 Å². The molecule has 3 aliphatic rings. The van der Waals surface area contributed by atoms with Crippen LogP contribution in [0.1, 0.15) is 39.3 Å². The van der Waals surface area contributed by atoms with Crippen molar-refractivity contribution in [3.8, 4) is 0 Å². The molecule has 1 aromatic carbocycles. The maximum Gasteiger partial charge on any atom is 0.256 e. The van der Waals surface area contributed by atoms with E-state index in [4.69, 9.17) is 4.74 Å². The van der Waals surface area contributed by atoms with E-state index >= 15 is 0 Å². The maximum atomic E-state index is 13.2. The molecule has 3 aliphatic heterocycles. The number of H-pyrrole nitrogens is 1. The lowest BCUT2D eigenvalue weighted by molar-refractivity contribution is -0.110. The van der Waals surface area contributed by atoms with Crippen LogP contribution in [-0.2, 0) is 16.0 Å². The standard InChI is InChI=1S/C24H29BN4O3/c1-15-21(14-18-17-13-16(25)3-4-19(17)27-23(18)30)26-20-5-8-29(24(31)22(15)20)7-2-6-28-9-11-32-12-10-28/h3-4,13-14,26H,2,5-12,25H2,1H3,(H,27,30)/b18-14-. The fraction of sp³-hybridized carbons (Fsp3) is 0.417. The topological polar surface area (TPSA) is 77.7 Å². The van der Waals surface area contributed by atoms with Gasteiger partial charge in [0.1, 0.15) is 7.85 Å². The van der Waals surface area contributed by atoms with Gasteiger partial charge in [-0.15, -0.1) is 0 Å². The highest BCUT2D eigenvalue weighted by Gasteiger charge is 2.30. The summed E-state index contributed by atoms with van der Waals surface area (Å²) in [6.45, 7) is 8.02. The Balaban J connectivity index is 1.33. The van der Waals surface area contributed by atoms with Crippen molar-refractivity contribution in [2.45, 2.75) is 19.8 Å². The highest BCUT2D eigenvalue weighted by atomic mass is 16.5. The lowest BCUT2D eigenvalue weighted by Gasteiger charge is -2.30. The largest absolute Gasteiger partial charge is 0.379 e. The number of nitrogens with zero attached hydrogens (tertiary/aromatic N) is 2. The Kier molecular flexibility index (Phi) is 5.65. The van der Waals surface area contributed by atoms with Gasteiger partial charge >= 0.3 is 0 Å². The van der Waals surface area contributed by atoms with Crippen molar-refractivity contribution in [2.24, 2.45) is 0 Å². The van der Waals surface area contributed by atoms with E-state index in [-0.39, 0.29) is 11.8 Å². The number of ether oxygens (including phenoxy) is 1. The molecule has 7 nitrogen and oxygen atoms in total. The third-order valence-electron chi connectivity index (χ3n) is 6.75. The Hall–Kier alpha value is -2.84. The predicted molar refractivity (Wildman–Crippen MR) is 128 cm³/mol. The van der Waals surface area contributed by atoms with E-state index in [2.05, 4.69) is 15.2 Å². The zero-order chi connectivity index (χ0) is 22.2. The number of aromatic amines is 1. The number of morpholine rings is 1. The summed E-state index contributed by atoms with van der Waals surface area (Å²) in [5, 5.41) is 2.93. The summed E-state index contributed by atoms with van der Waals surface area (Å²) in [6, 6.07) is 5.96. The highest BCUT2D eigenvalue weighted by Crippen LogP contribution is 2.34. The maximum absolute atomic E-state index is 13.2. The molecule has 0 atom stereocenters. The van der Waals surface area contributed by atoms with E-state index in [1.54, 1.807) is 0 Å². The van der Waals surface area contributed by atoms with E-state index < -0.39 is 0 Å². The van der Waals surface area contributed by atoms with Gasteiger partial charge in [-0.25, -0.2) is 0 Å². The molecular weight excluding hydrogens is 403 g/mol. The van der Waals surface area contributed by atoms with Crippen molar-refractivity contribution >= 4 is 42.5 Å². The minimum atomic E-state index is -0.103. The number of anilines is 1. The molecule has 4 heterocycles. The second-order valence-corrected chi connectivity index (χ2v) is 8.93. The van der Waals surface area contributed by atoms with E-state index in [1.165, 1.54) is 0 Å². The number of carbonyl (C=O) groups is 2. The van der Waals surface area contributed by atoms with Crippen LogP contribution in [0, 0.1) is 6.92 Å². The molecule has 1 fully saturated rings. The second kappa shape index (κ2) is 8.60. The zero-order valence-electron chi connectivity index (χ0n) is 18.8. The van der Waals surface area contributed by atoms with Crippen LogP contribution in [0.2, 0.25) is 0 Å². The van der Waals surface area contributed by atoms with Crippen molar-refractivity contribution in [1.29, 1.82) is 0 Å². The monoisotopic (exact) mass is 432 g/mol. The molecule has 2 aromatic rings. The number of benzene rings is 1. The molecule has 166 valence electrons. The Morgan fingerprint density at radius 1 is 1.16 bits per heavy atom. The van der Waals surface area contributed by atoms with E-state index in [1.807, 2.05) is 43.9 Å². The average molecular weight is 432 g/mol. The van der Waals surface area contributed by atoms with Crippen LogP contribution in [0.25, 0.3) is 11.6 Å². The number of nitrogens with one attached hydrogen (secondary N) is 2. The molecule has 0 bridgehead atoms. The van der Waals surface area contributed by atoms with Crippen molar-refractivity contribution in [3.05, 3.63) is 46.3 Å². The Morgan fingerprint density at radius 3 is 2.78 bits per heavy atom. The third-order valence-corrected chi connectivity index (χ3v) is 6.75. The second-order valence-electron chi connectivity index (χ2n) is 8.93. The number of rotatable bonds is 5. The number of amides is 2. The average Bonchev–Trinajstić information content (AvgIpc) is 3.27. The summed E-state index contributed by atoms with van der Waals surface area (Å²) in [5.41, 5.74) is 7.02. The predicted octanol–water partition coefficient (Wildman–Crippen LogP) is 0.795. The van der Waals surface area contributed by atoms with Gasteiger partial charge in [-0.05, 0) is 31.1 Å². The summed E-state index contributed by atoms with van der Waals surface area (Å²) in [6.07, 6.45) is 3.67. The molecule has 2 N–H and O–H groups in total. The Morgan fingerprint density at radius 2 is 1.97 bits per heavy atom. The van der Waals surface area contributed by atoms with Gasteiger partial charge in [-0.2, -0.15) is 0 Å². The zero-order valence-corrected chi connectivity index (χ0v) is 18.8. The first-order valence-electron chi connectivity index (χ1n) is 11.5. The lowest BCUT2D eigenvalue weighted by Crippen LogP contribution is -2.41. The van der Waals surface area contributed by atoms with Crippen LogP contribution in [0.4, 0.5) is 5.69 Å². The van der Waals surface area contributed by atoms with Gasteiger partial charge in [0.25, 0.3) is 11.8 Å². The van der Waals surface area contributed by atoms with Crippen LogP contribution in [0.3, 0.4) is 0 Å². The van der Waals surface area contributed by atoms with Gasteiger partial charge in [-0.3, -0.25) is 14.5 Å². The molecule has 1 saturated heterocycles. The highest BCUT2D eigenvalue weighted by molar-refractivity contribution is 6.37. The summed E-state index contributed by atoms with van der Waals surface area (Å²) in [4.78, 5) is 33.6. The molecule has 0 radical (unpaired) electrons. The summed E-state index contributed by atoms with van der Waals surface area (Å²) < 4.78 is 5.41. The van der Waals surface area contributed by atoms with Crippen LogP contribution in [0.5, 0.6) is 0 Å². The molecular formula is C24H29BN4O3. The van der Waals surface area contributed by atoms with Gasteiger partial charge in [-0.1, -0.05) is 17.6 Å². The molecule has 0 spiro atoms. The first-order chi connectivity index (χ1) is 15.5. The molecule has 32 heavy (non-hydrogen) atoms. The molecule has 5 rings (SSSR count). The minimum absolute atomic E-state index is 0.0961. The number of fused-ring (bicyclic) bond motifs is 2. The van der Waals surface area contributed by atoms with Gasteiger partial charge in [0.15, 0.2) is 0 Å². The fourth-order valence-electron chi connectivity index (χ4n) is 4.92. The summed E-state index contributed by atoms with van der Waals surface area (Å²) >= 11 is 0. The lowest BCUT2D eigenvalue weighted by atomic mass is 9.92. The van der Waals surface area contributed by atoms with Crippen molar-refractivity contribution in [3.63, 3.8) is 0 Å². The van der Waals surface area contributed by atoms with Crippen LogP contribution in [-0.4, -0.2) is 80.4 Å². The molecule has 0 unspecified atom stereocenters. The molecule has 8 heteroatoms. The van der Waals surface area contributed by atoms with E-state index in [0.717, 1.165) is 98.0 Å². The van der Waals surface area contributed by atoms with Crippen molar-refractivity contribution in [1.82, 2.24) is 14.8 Å². The summed E-state index contributed by atoms with van der Waals surface area (Å²) in [7, 11) is 2.02. The quantitative estimate of drug-likeness (QED) is 0.541. The van der Waals surface area contributed by atoms with E-state index in [9.17, 15) is 9.59 Å². The number of aromatic nitrogens is 1. The SMILES string of the molecule is Bc1ccc2c(c1)/C(=C/c1[nH]c3c(c1C)C(=O)N(CCCN1CCOCC1)CC3)C(=O)N2. The number of hydrogen-bond donors (Lipinski definition) is 2. The van der Waals surface area contributed by atoms with Gasteiger partial charge in [0.05, 0.1) is 24.4 Å². The number of carbonyl (C=O) groups excluding carboxylic acids is 2. The Labute approximate surface area is 189 Å². The molecule has 0 aliphatic carbocycles. The van der Waals surface area contributed by atoms with Gasteiger partial charge < -0.3 is 19.9 Å². The van der Waals surface area contributed by atoms with Crippen molar-refractivity contribution < 1.29 is 14.3 Å². The first kappa shape index (κ1) is 21.0. The number of hydrogen-bond acceptors (Lipinski definition) is 4. The Bertz CT molecular complexity index is 1100. The van der Waals surface area contributed by atoms with Gasteiger partial charge in [0.2, 0.25) is 0 Å². The minimum Gasteiger partial charge on any atom is -0.379 e. The molecule has 2 amide bonds. The summed E-state index contributed by atoms with van der Waals surface area (Å²) in [5.74, 6) is -0.00705. The van der Waals surface area contributed by atoms with Crippen LogP contribution < -0.4 is 10.8 Å². The fourth-order valence-corrected chi connectivity index (χ4v) is 4.92.